The molecular weight excluding hydrogens is 895 g/mol. The van der Waals surface area contributed by atoms with Gasteiger partial charge in [0.05, 0.1) is 45.2 Å². The summed E-state index contributed by atoms with van der Waals surface area (Å²) in [6.07, 6.45) is 9.89. The van der Waals surface area contributed by atoms with Crippen molar-refractivity contribution in [3.8, 4) is 11.4 Å². The predicted molar refractivity (Wildman–Crippen MR) is 235 cm³/mol. The van der Waals surface area contributed by atoms with Gasteiger partial charge in [-0.3, -0.25) is 43.9 Å². The number of anilines is 3. The molecule has 63 heavy (non-hydrogen) atoms. The molecule has 1 aliphatic carbocycles. The Morgan fingerprint density at radius 1 is 0.905 bits per heavy atom. The van der Waals surface area contributed by atoms with Crippen molar-refractivity contribution in [2.24, 2.45) is 0 Å². The number of aromatic nitrogens is 7. The molecule has 328 valence electrons. The lowest BCUT2D eigenvalue weighted by Crippen LogP contribution is -2.54. The molecule has 8 heterocycles. The normalized spacial score (nSPS) is 20.6. The number of nitrogens with one attached hydrogen (secondary N) is 2. The molecule has 5 aromatic rings. The van der Waals surface area contributed by atoms with Crippen LogP contribution in [-0.4, -0.2) is 137 Å². The summed E-state index contributed by atoms with van der Waals surface area (Å²) < 4.78 is 28.9. The van der Waals surface area contributed by atoms with Gasteiger partial charge in [0, 0.05) is 87.3 Å². The fourth-order valence-corrected chi connectivity index (χ4v) is 11.3. The highest BCUT2D eigenvalue weighted by Gasteiger charge is 2.46. The van der Waals surface area contributed by atoms with Crippen LogP contribution in [0.25, 0.3) is 22.3 Å². The lowest BCUT2D eigenvalue weighted by Gasteiger charge is -2.43. The van der Waals surface area contributed by atoms with Crippen molar-refractivity contribution in [1.29, 1.82) is 0 Å². The Hall–Kier alpha value is -5.64. The van der Waals surface area contributed by atoms with E-state index in [-0.39, 0.29) is 35.3 Å². The summed E-state index contributed by atoms with van der Waals surface area (Å²) in [5.41, 5.74) is 2.90. The van der Waals surface area contributed by atoms with Crippen molar-refractivity contribution in [3.05, 3.63) is 70.2 Å². The first-order valence-electron chi connectivity index (χ1n) is 21.4. The molecule has 19 nitrogen and oxygen atoms in total. The fraction of sp³-hybridized carbons (Fsp3) is 0.452. The number of amides is 4. The van der Waals surface area contributed by atoms with Gasteiger partial charge in [-0.25, -0.2) is 23.4 Å². The molecule has 0 spiro atoms. The van der Waals surface area contributed by atoms with Crippen LogP contribution in [0.1, 0.15) is 84.7 Å². The molecule has 4 aromatic heterocycles. The molecule has 10 rings (SSSR count). The van der Waals surface area contributed by atoms with E-state index in [1.807, 2.05) is 23.0 Å². The Labute approximate surface area is 371 Å². The molecule has 1 unspecified atom stereocenters. The summed E-state index contributed by atoms with van der Waals surface area (Å²) in [6, 6.07) is 6.81. The number of halogens is 1. The molecule has 0 bridgehead atoms. The molecule has 2 N–H and O–H groups in total. The zero-order valence-corrected chi connectivity index (χ0v) is 37.2. The Kier molecular flexibility index (Phi) is 10.6. The van der Waals surface area contributed by atoms with Crippen LogP contribution in [0.2, 0.25) is 0 Å². The molecule has 1 aromatic carbocycles. The summed E-state index contributed by atoms with van der Waals surface area (Å²) in [7, 11) is -3.50. The highest BCUT2D eigenvalue weighted by atomic mass is 79.9. The van der Waals surface area contributed by atoms with Crippen LogP contribution in [0.3, 0.4) is 0 Å². The van der Waals surface area contributed by atoms with E-state index in [0.717, 1.165) is 83.4 Å². The number of piperidine rings is 2. The van der Waals surface area contributed by atoms with E-state index in [1.54, 1.807) is 18.3 Å². The van der Waals surface area contributed by atoms with Crippen molar-refractivity contribution >= 4 is 77.9 Å². The summed E-state index contributed by atoms with van der Waals surface area (Å²) >= 11 is 3.63. The molecule has 1 saturated carbocycles. The minimum atomic E-state index is -3.50. The first-order valence-corrected chi connectivity index (χ1v) is 23.7. The molecule has 4 fully saturated rings. The van der Waals surface area contributed by atoms with E-state index in [1.165, 1.54) is 12.4 Å². The number of hydrogen-bond acceptors (Lipinski definition) is 15. The van der Waals surface area contributed by atoms with E-state index in [0.29, 0.717) is 52.9 Å². The van der Waals surface area contributed by atoms with Gasteiger partial charge in [0.2, 0.25) is 11.8 Å². The first kappa shape index (κ1) is 41.4. The van der Waals surface area contributed by atoms with Crippen LogP contribution < -0.4 is 15.5 Å². The average Bonchev–Trinajstić information content (AvgIpc) is 3.81. The lowest BCUT2D eigenvalue weighted by atomic mass is 10.0. The maximum Gasteiger partial charge on any atom is 0.263 e. The topological polar surface area (TPSA) is 214 Å². The average molecular weight is 941 g/mol. The monoisotopic (exact) mass is 939 g/mol. The third-order valence-electron chi connectivity index (χ3n) is 12.7. The van der Waals surface area contributed by atoms with Crippen LogP contribution in [0.15, 0.2) is 53.5 Å². The number of pyridine rings is 1. The Morgan fingerprint density at radius 2 is 1.68 bits per heavy atom. The van der Waals surface area contributed by atoms with Gasteiger partial charge in [0.25, 0.3) is 21.8 Å². The maximum absolute atomic E-state index is 13.5. The van der Waals surface area contributed by atoms with Gasteiger partial charge in [-0.05, 0) is 79.6 Å². The zero-order chi connectivity index (χ0) is 43.7. The number of rotatable bonds is 11. The van der Waals surface area contributed by atoms with Crippen LogP contribution in [-0.2, 0) is 26.2 Å². The Bertz CT molecular complexity index is 2790. The minimum absolute atomic E-state index is 0.0749. The molecule has 5 aliphatic rings. The Balaban J connectivity index is 0.757. The van der Waals surface area contributed by atoms with Crippen molar-refractivity contribution in [2.75, 3.05) is 49.5 Å². The van der Waals surface area contributed by atoms with Gasteiger partial charge >= 0.3 is 0 Å². The second kappa shape index (κ2) is 16.2. The van der Waals surface area contributed by atoms with E-state index >= 15 is 0 Å². The summed E-state index contributed by atoms with van der Waals surface area (Å²) in [5, 5.41) is 15.3. The van der Waals surface area contributed by atoms with Crippen LogP contribution >= 0.6 is 15.9 Å². The number of carbonyl (C=O) groups is 4. The molecular formula is C42H46BrN13O6S. The first-order chi connectivity index (χ1) is 30.3. The van der Waals surface area contributed by atoms with Crippen LogP contribution in [0, 0.1) is 0 Å². The number of imide groups is 2. The SMILES string of the molecule is CC(C)n1nc(N2CCC(N3CCN(Cc4ccc5c(c4Br)C(=O)N(C4CCC(=O)NC4=O)C5=O)CC3)CC2)c2cnc(Nc3ccnc(-c4cnn(S(=O)(=O)C5CC5)c4)n3)cc21. The number of carbonyl (C=O) groups excluding carboxylic acids is 4. The minimum Gasteiger partial charge on any atom is -0.354 e. The van der Waals surface area contributed by atoms with E-state index in [2.05, 4.69) is 70.2 Å². The molecule has 4 aliphatic heterocycles. The van der Waals surface area contributed by atoms with Gasteiger partial charge in [0.1, 0.15) is 17.7 Å². The van der Waals surface area contributed by atoms with Crippen molar-refractivity contribution in [3.63, 3.8) is 0 Å². The fourth-order valence-electron chi connectivity index (χ4n) is 9.14. The third kappa shape index (κ3) is 7.67. The molecule has 0 radical (unpaired) electrons. The van der Waals surface area contributed by atoms with Gasteiger partial charge in [0.15, 0.2) is 11.6 Å². The quantitative estimate of drug-likeness (QED) is 0.181. The van der Waals surface area contributed by atoms with Crippen LogP contribution in [0.5, 0.6) is 0 Å². The van der Waals surface area contributed by atoms with Gasteiger partial charge in [-0.1, -0.05) is 6.07 Å². The molecule has 4 amide bonds. The lowest BCUT2D eigenvalue weighted by molar-refractivity contribution is -0.136. The Morgan fingerprint density at radius 3 is 2.41 bits per heavy atom. The largest absolute Gasteiger partial charge is 0.354 e. The van der Waals surface area contributed by atoms with Crippen molar-refractivity contribution in [2.45, 2.75) is 82.3 Å². The van der Waals surface area contributed by atoms with E-state index < -0.39 is 39.7 Å². The predicted octanol–water partition coefficient (Wildman–Crippen LogP) is 3.70. The number of hydrogen-bond donors (Lipinski definition) is 2. The summed E-state index contributed by atoms with van der Waals surface area (Å²) in [6.45, 7) is 10.1. The zero-order valence-electron chi connectivity index (χ0n) is 34.8. The summed E-state index contributed by atoms with van der Waals surface area (Å²) in [4.78, 5) is 73.1. The highest BCUT2D eigenvalue weighted by molar-refractivity contribution is 9.10. The van der Waals surface area contributed by atoms with E-state index in [9.17, 15) is 27.6 Å². The smallest absolute Gasteiger partial charge is 0.263 e. The van der Waals surface area contributed by atoms with Crippen molar-refractivity contribution < 1.29 is 27.6 Å². The number of benzene rings is 1. The number of piperazine rings is 1. The number of fused-ring (bicyclic) bond motifs is 2. The number of nitrogens with zero attached hydrogens (tertiary/aromatic N) is 11. The maximum atomic E-state index is 13.5. The standard InChI is InChI=1S/C42H46BrN13O6S/c1-24(2)56-32-19-34(47-33-9-12-44-38(48-33)26-20-46-54(23-26)63(61,62)28-4-5-28)45-21-30(32)39(50-56)53-13-10-27(11-14-53)52-17-15-51(16-18-52)22-25-3-6-29-36(37(25)43)42(60)55(41(29)59)31-7-8-35(57)49-40(31)58/h3,6,9,12,19-21,23-24,27-28,31H,4-5,7-8,10-11,13-18,22H2,1-2H3,(H,49,57,58)(H,44,45,47,48). The van der Waals surface area contributed by atoms with E-state index in [4.69, 9.17) is 10.1 Å². The molecule has 21 heteroatoms. The molecule has 1 atom stereocenters. The summed E-state index contributed by atoms with van der Waals surface area (Å²) in [5.74, 6) is 0.313. The van der Waals surface area contributed by atoms with Gasteiger partial charge < -0.3 is 10.2 Å². The van der Waals surface area contributed by atoms with Crippen LogP contribution in [0.4, 0.5) is 17.5 Å². The second-order valence-electron chi connectivity index (χ2n) is 17.1. The third-order valence-corrected chi connectivity index (χ3v) is 15.6. The van der Waals surface area contributed by atoms with Crippen molar-refractivity contribution in [1.82, 2.24) is 53.9 Å². The molecule has 3 saturated heterocycles. The van der Waals surface area contributed by atoms with Gasteiger partial charge in [-0.15, -0.1) is 0 Å². The van der Waals surface area contributed by atoms with Gasteiger partial charge in [-0.2, -0.15) is 14.3 Å². The second-order valence-corrected chi connectivity index (χ2v) is 20.0. The highest BCUT2D eigenvalue weighted by Crippen LogP contribution is 2.37.